The highest BCUT2D eigenvalue weighted by molar-refractivity contribution is 6.28. The maximum Gasteiger partial charge on any atom is 0.335 e. The predicted octanol–water partition coefficient (Wildman–Crippen LogP) is 2.33. The number of hydrogen-bond acceptors (Lipinski definition) is 6. The Bertz CT molecular complexity index is 663. The van der Waals surface area contributed by atoms with Crippen molar-refractivity contribution in [3.05, 3.63) is 34.6 Å². The van der Waals surface area contributed by atoms with Gasteiger partial charge in [0.05, 0.1) is 12.7 Å². The predicted molar refractivity (Wildman–Crippen MR) is 69.6 cm³/mol. The molecule has 20 heavy (non-hydrogen) atoms. The molecule has 0 saturated heterocycles. The summed E-state index contributed by atoms with van der Waals surface area (Å²) in [7, 11) is 1.39. The standard InChI is InChI=1S/C12H10ClN3O4/c1-6-5-7(3-4-8(6)9(17)18)20-12-15-10(13)14-11(16-12)19-2/h3-5H,1-2H3,(H,17,18). The number of carboxylic acids is 1. The summed E-state index contributed by atoms with van der Waals surface area (Å²) >= 11 is 5.69. The van der Waals surface area contributed by atoms with Crippen LogP contribution >= 0.6 is 11.6 Å². The molecule has 1 aromatic heterocycles. The highest BCUT2D eigenvalue weighted by Crippen LogP contribution is 2.23. The lowest BCUT2D eigenvalue weighted by Gasteiger charge is -2.07. The molecule has 2 aromatic rings. The van der Waals surface area contributed by atoms with Crippen LogP contribution in [-0.2, 0) is 0 Å². The fourth-order valence-corrected chi connectivity index (χ4v) is 1.64. The number of halogens is 1. The molecule has 7 nitrogen and oxygen atoms in total. The van der Waals surface area contributed by atoms with Gasteiger partial charge >= 0.3 is 18.0 Å². The van der Waals surface area contributed by atoms with Crippen LogP contribution < -0.4 is 9.47 Å². The van der Waals surface area contributed by atoms with E-state index in [2.05, 4.69) is 15.0 Å². The van der Waals surface area contributed by atoms with Crippen molar-refractivity contribution >= 4 is 17.6 Å². The third-order valence-corrected chi connectivity index (χ3v) is 2.56. The van der Waals surface area contributed by atoms with Gasteiger partial charge in [-0.2, -0.15) is 9.97 Å². The Hall–Kier alpha value is -2.41. The molecular formula is C12H10ClN3O4. The van der Waals surface area contributed by atoms with Crippen LogP contribution in [-0.4, -0.2) is 33.1 Å². The second kappa shape index (κ2) is 5.70. The molecule has 1 aromatic carbocycles. The van der Waals surface area contributed by atoms with E-state index in [0.717, 1.165) is 0 Å². The van der Waals surface area contributed by atoms with Gasteiger partial charge in [-0.15, -0.1) is 4.98 Å². The number of carboxylic acid groups (broad SMARTS) is 1. The quantitative estimate of drug-likeness (QED) is 0.925. The summed E-state index contributed by atoms with van der Waals surface area (Å²) in [4.78, 5) is 22.3. The van der Waals surface area contributed by atoms with E-state index in [1.165, 1.54) is 19.2 Å². The molecule has 0 amide bonds. The molecular weight excluding hydrogens is 286 g/mol. The van der Waals surface area contributed by atoms with Gasteiger partial charge in [0.15, 0.2) is 0 Å². The summed E-state index contributed by atoms with van der Waals surface area (Å²) in [6, 6.07) is 4.49. The van der Waals surface area contributed by atoms with Gasteiger partial charge in [0, 0.05) is 0 Å². The Morgan fingerprint density at radius 2 is 1.95 bits per heavy atom. The second-order valence-corrected chi connectivity index (χ2v) is 4.10. The minimum Gasteiger partial charge on any atom is -0.478 e. The topological polar surface area (TPSA) is 94.4 Å². The van der Waals surface area contributed by atoms with Crippen LogP contribution in [0.3, 0.4) is 0 Å². The molecule has 0 fully saturated rings. The molecule has 0 aliphatic heterocycles. The molecule has 0 aliphatic rings. The van der Waals surface area contributed by atoms with E-state index < -0.39 is 5.97 Å². The minimum absolute atomic E-state index is 0.0267. The molecule has 1 N–H and O–H groups in total. The van der Waals surface area contributed by atoms with Crippen molar-refractivity contribution in [2.45, 2.75) is 6.92 Å². The molecule has 2 rings (SSSR count). The fourth-order valence-electron chi connectivity index (χ4n) is 1.50. The molecule has 1 heterocycles. The highest BCUT2D eigenvalue weighted by atomic mass is 35.5. The van der Waals surface area contributed by atoms with Crippen LogP contribution in [0.4, 0.5) is 0 Å². The largest absolute Gasteiger partial charge is 0.478 e. The molecule has 0 saturated carbocycles. The summed E-state index contributed by atoms with van der Waals surface area (Å²) in [5, 5.41) is 8.88. The first-order valence-corrected chi connectivity index (χ1v) is 5.84. The van der Waals surface area contributed by atoms with Crippen LogP contribution in [0.2, 0.25) is 5.28 Å². The third kappa shape index (κ3) is 3.12. The van der Waals surface area contributed by atoms with Gasteiger partial charge in [0.1, 0.15) is 5.75 Å². The molecule has 0 radical (unpaired) electrons. The highest BCUT2D eigenvalue weighted by Gasteiger charge is 2.11. The smallest absolute Gasteiger partial charge is 0.335 e. The van der Waals surface area contributed by atoms with E-state index in [1.807, 2.05) is 0 Å². The van der Waals surface area contributed by atoms with Crippen molar-refractivity contribution in [1.82, 2.24) is 15.0 Å². The lowest BCUT2D eigenvalue weighted by atomic mass is 10.1. The van der Waals surface area contributed by atoms with Gasteiger partial charge in [-0.05, 0) is 42.3 Å². The zero-order chi connectivity index (χ0) is 14.7. The van der Waals surface area contributed by atoms with Gasteiger partial charge in [-0.25, -0.2) is 4.79 Å². The molecule has 0 aliphatic carbocycles. The summed E-state index contributed by atoms with van der Waals surface area (Å²) in [6.07, 6.45) is 0. The summed E-state index contributed by atoms with van der Waals surface area (Å²) < 4.78 is 10.2. The number of nitrogens with zero attached hydrogens (tertiary/aromatic N) is 3. The van der Waals surface area contributed by atoms with Crippen molar-refractivity contribution in [1.29, 1.82) is 0 Å². The van der Waals surface area contributed by atoms with E-state index in [4.69, 9.17) is 26.2 Å². The average Bonchev–Trinajstić information content (AvgIpc) is 2.37. The van der Waals surface area contributed by atoms with E-state index in [0.29, 0.717) is 11.3 Å². The van der Waals surface area contributed by atoms with Crippen molar-refractivity contribution in [2.24, 2.45) is 0 Å². The van der Waals surface area contributed by atoms with E-state index in [-0.39, 0.29) is 22.9 Å². The Labute approximate surface area is 119 Å². The Morgan fingerprint density at radius 3 is 2.55 bits per heavy atom. The monoisotopic (exact) mass is 295 g/mol. The van der Waals surface area contributed by atoms with Gasteiger partial charge in [0.25, 0.3) is 0 Å². The second-order valence-electron chi connectivity index (χ2n) is 3.76. The van der Waals surface area contributed by atoms with Crippen molar-refractivity contribution in [2.75, 3.05) is 7.11 Å². The van der Waals surface area contributed by atoms with Crippen LogP contribution in [0.5, 0.6) is 17.8 Å². The van der Waals surface area contributed by atoms with E-state index >= 15 is 0 Å². The number of methoxy groups -OCH3 is 1. The Morgan fingerprint density at radius 1 is 1.25 bits per heavy atom. The van der Waals surface area contributed by atoms with E-state index in [1.54, 1.807) is 13.0 Å². The minimum atomic E-state index is -1.00. The van der Waals surface area contributed by atoms with Crippen molar-refractivity contribution in [3.8, 4) is 17.8 Å². The fraction of sp³-hybridized carbons (Fsp3) is 0.167. The first-order chi connectivity index (χ1) is 9.49. The number of aromatic nitrogens is 3. The average molecular weight is 296 g/mol. The number of hydrogen-bond donors (Lipinski definition) is 1. The van der Waals surface area contributed by atoms with Crippen LogP contribution in [0.25, 0.3) is 0 Å². The number of aromatic carboxylic acids is 1. The number of aryl methyl sites for hydroxylation is 1. The first-order valence-electron chi connectivity index (χ1n) is 5.47. The van der Waals surface area contributed by atoms with Gasteiger partial charge in [0.2, 0.25) is 5.28 Å². The lowest BCUT2D eigenvalue weighted by molar-refractivity contribution is 0.0696. The molecule has 0 spiro atoms. The maximum absolute atomic E-state index is 10.9. The third-order valence-electron chi connectivity index (χ3n) is 2.39. The zero-order valence-electron chi connectivity index (χ0n) is 10.6. The number of carbonyl (C=O) groups is 1. The molecule has 0 unspecified atom stereocenters. The molecule has 0 bridgehead atoms. The first kappa shape index (κ1) is 14.0. The van der Waals surface area contributed by atoms with Crippen LogP contribution in [0, 0.1) is 6.92 Å². The Balaban J connectivity index is 2.28. The number of rotatable bonds is 4. The maximum atomic E-state index is 10.9. The lowest BCUT2D eigenvalue weighted by Crippen LogP contribution is -2.01. The summed E-state index contributed by atoms with van der Waals surface area (Å²) in [6.45, 7) is 1.66. The van der Waals surface area contributed by atoms with Gasteiger partial charge in [-0.1, -0.05) is 0 Å². The number of benzene rings is 1. The molecule has 0 atom stereocenters. The van der Waals surface area contributed by atoms with E-state index in [9.17, 15) is 4.79 Å². The van der Waals surface area contributed by atoms with Crippen molar-refractivity contribution < 1.29 is 19.4 Å². The van der Waals surface area contributed by atoms with Gasteiger partial charge < -0.3 is 14.6 Å². The SMILES string of the molecule is COc1nc(Cl)nc(Oc2ccc(C(=O)O)c(C)c2)n1. The molecule has 104 valence electrons. The van der Waals surface area contributed by atoms with Crippen molar-refractivity contribution in [3.63, 3.8) is 0 Å². The normalized spacial score (nSPS) is 10.2. The summed E-state index contributed by atoms with van der Waals surface area (Å²) in [5.41, 5.74) is 0.755. The Kier molecular flexibility index (Phi) is 3.99. The molecule has 8 heteroatoms. The van der Waals surface area contributed by atoms with Crippen LogP contribution in [0.1, 0.15) is 15.9 Å². The summed E-state index contributed by atoms with van der Waals surface area (Å²) in [5.74, 6) is -0.615. The number of ether oxygens (including phenoxy) is 2. The zero-order valence-corrected chi connectivity index (χ0v) is 11.4. The van der Waals surface area contributed by atoms with Crippen LogP contribution in [0.15, 0.2) is 18.2 Å². The van der Waals surface area contributed by atoms with Gasteiger partial charge in [-0.3, -0.25) is 0 Å².